The minimum absolute atomic E-state index is 0.0506. The van der Waals surface area contributed by atoms with Crippen molar-refractivity contribution in [2.45, 2.75) is 24.6 Å². The standard InChI is InChI=1S/C19H21FN2O3S/c1-21-26(24,25)12-14-8-6-13(7-9-14)11-22-19(23)17-10-16(17)15-4-2-3-5-18(15)20/h2-9,16-17,21H,10-12H2,1H3,(H,22,23). The highest BCUT2D eigenvalue weighted by atomic mass is 32.2. The second-order valence-corrected chi connectivity index (χ2v) is 8.39. The summed E-state index contributed by atoms with van der Waals surface area (Å²) in [6, 6.07) is 13.6. The first-order valence-corrected chi connectivity index (χ1v) is 10.1. The van der Waals surface area contributed by atoms with E-state index < -0.39 is 10.0 Å². The lowest BCUT2D eigenvalue weighted by Gasteiger charge is -2.07. The minimum atomic E-state index is -3.30. The van der Waals surface area contributed by atoms with Crippen molar-refractivity contribution in [2.75, 3.05) is 7.05 Å². The van der Waals surface area contributed by atoms with Gasteiger partial charge in [0.2, 0.25) is 15.9 Å². The predicted molar refractivity (Wildman–Crippen MR) is 97.2 cm³/mol. The molecule has 1 fully saturated rings. The van der Waals surface area contributed by atoms with Crippen LogP contribution >= 0.6 is 0 Å². The Balaban J connectivity index is 1.52. The van der Waals surface area contributed by atoms with E-state index in [0.717, 1.165) is 5.56 Å². The van der Waals surface area contributed by atoms with Gasteiger partial charge in [0, 0.05) is 12.5 Å². The molecule has 1 aliphatic rings. The lowest BCUT2D eigenvalue weighted by molar-refractivity contribution is -0.122. The Morgan fingerprint density at radius 1 is 1.12 bits per heavy atom. The van der Waals surface area contributed by atoms with Crippen molar-refractivity contribution in [2.24, 2.45) is 5.92 Å². The lowest BCUT2D eigenvalue weighted by Crippen LogP contribution is -2.25. The van der Waals surface area contributed by atoms with Crippen molar-refractivity contribution in [3.8, 4) is 0 Å². The third-order valence-electron chi connectivity index (χ3n) is 4.59. The number of amides is 1. The van der Waals surface area contributed by atoms with Gasteiger partial charge < -0.3 is 5.32 Å². The smallest absolute Gasteiger partial charge is 0.224 e. The molecular formula is C19H21FN2O3S. The molecule has 2 atom stereocenters. The maximum absolute atomic E-state index is 13.8. The van der Waals surface area contributed by atoms with Gasteiger partial charge in [-0.3, -0.25) is 4.79 Å². The van der Waals surface area contributed by atoms with Crippen LogP contribution in [-0.2, 0) is 27.1 Å². The normalized spacial score (nSPS) is 19.2. The van der Waals surface area contributed by atoms with Crippen LogP contribution < -0.4 is 10.0 Å². The minimum Gasteiger partial charge on any atom is -0.352 e. The number of carbonyl (C=O) groups excluding carboxylic acids is 1. The summed E-state index contributed by atoms with van der Waals surface area (Å²) in [6.45, 7) is 0.360. The monoisotopic (exact) mass is 376 g/mol. The maximum Gasteiger partial charge on any atom is 0.224 e. The number of carbonyl (C=O) groups is 1. The number of sulfonamides is 1. The zero-order valence-electron chi connectivity index (χ0n) is 14.4. The number of halogens is 1. The molecule has 1 amide bonds. The van der Waals surface area contributed by atoms with Gasteiger partial charge in [0.25, 0.3) is 0 Å². The molecule has 1 aliphatic carbocycles. The van der Waals surface area contributed by atoms with Gasteiger partial charge in [0.05, 0.1) is 5.75 Å². The van der Waals surface area contributed by atoms with E-state index in [9.17, 15) is 17.6 Å². The van der Waals surface area contributed by atoms with Gasteiger partial charge in [-0.15, -0.1) is 0 Å². The van der Waals surface area contributed by atoms with Crippen molar-refractivity contribution in [1.29, 1.82) is 0 Å². The fourth-order valence-electron chi connectivity index (χ4n) is 2.97. The van der Waals surface area contributed by atoms with Crippen LogP contribution in [0.25, 0.3) is 0 Å². The molecule has 3 rings (SSSR count). The lowest BCUT2D eigenvalue weighted by atomic mass is 10.1. The number of hydrogen-bond acceptors (Lipinski definition) is 3. The third kappa shape index (κ3) is 4.47. The molecule has 0 aliphatic heterocycles. The topological polar surface area (TPSA) is 75.3 Å². The summed E-state index contributed by atoms with van der Waals surface area (Å²) in [5.74, 6) is -0.667. The Morgan fingerprint density at radius 2 is 1.77 bits per heavy atom. The van der Waals surface area contributed by atoms with Gasteiger partial charge >= 0.3 is 0 Å². The third-order valence-corrected chi connectivity index (χ3v) is 5.92. The van der Waals surface area contributed by atoms with Gasteiger partial charge in [-0.2, -0.15) is 0 Å². The molecule has 0 spiro atoms. The average molecular weight is 376 g/mol. The zero-order chi connectivity index (χ0) is 18.7. The highest BCUT2D eigenvalue weighted by Gasteiger charge is 2.44. The molecule has 0 aromatic heterocycles. The van der Waals surface area contributed by atoms with E-state index in [1.54, 1.807) is 42.5 Å². The molecule has 26 heavy (non-hydrogen) atoms. The number of benzene rings is 2. The van der Waals surface area contributed by atoms with Crippen LogP contribution in [-0.4, -0.2) is 21.4 Å². The number of rotatable bonds is 7. The summed E-state index contributed by atoms with van der Waals surface area (Å²) in [6.07, 6.45) is 0.660. The second-order valence-electron chi connectivity index (χ2n) is 6.47. The summed E-state index contributed by atoms with van der Waals surface area (Å²) in [4.78, 5) is 12.2. The van der Waals surface area contributed by atoms with Crippen molar-refractivity contribution in [3.05, 3.63) is 71.0 Å². The fourth-order valence-corrected chi connectivity index (χ4v) is 3.75. The molecule has 2 aromatic carbocycles. The second kappa shape index (κ2) is 7.55. The molecule has 0 saturated heterocycles. The highest BCUT2D eigenvalue weighted by Crippen LogP contribution is 2.48. The Bertz CT molecular complexity index is 897. The molecule has 0 heterocycles. The van der Waals surface area contributed by atoms with Gasteiger partial charge in [-0.25, -0.2) is 17.5 Å². The number of hydrogen-bond donors (Lipinski definition) is 2. The zero-order valence-corrected chi connectivity index (χ0v) is 15.2. The van der Waals surface area contributed by atoms with E-state index in [2.05, 4.69) is 10.0 Å². The first kappa shape index (κ1) is 18.5. The van der Waals surface area contributed by atoms with Crippen LogP contribution in [0.5, 0.6) is 0 Å². The van der Waals surface area contributed by atoms with E-state index in [4.69, 9.17) is 0 Å². The summed E-state index contributed by atoms with van der Waals surface area (Å²) < 4.78 is 39.1. The van der Waals surface area contributed by atoms with Crippen molar-refractivity contribution < 1.29 is 17.6 Å². The Hall–Kier alpha value is -2.25. The van der Waals surface area contributed by atoms with E-state index in [-0.39, 0.29) is 29.3 Å². The van der Waals surface area contributed by atoms with Gasteiger partial charge in [0.15, 0.2) is 0 Å². The van der Waals surface area contributed by atoms with Gasteiger partial charge in [-0.1, -0.05) is 42.5 Å². The summed E-state index contributed by atoms with van der Waals surface area (Å²) in [7, 11) is -1.92. The molecule has 2 aromatic rings. The van der Waals surface area contributed by atoms with Crippen molar-refractivity contribution in [3.63, 3.8) is 0 Å². The predicted octanol–water partition coefficient (Wildman–Crippen LogP) is 2.29. The van der Waals surface area contributed by atoms with Crippen LogP contribution in [0.3, 0.4) is 0 Å². The van der Waals surface area contributed by atoms with Gasteiger partial charge in [-0.05, 0) is 42.1 Å². The quantitative estimate of drug-likeness (QED) is 0.779. The molecule has 1 saturated carbocycles. The maximum atomic E-state index is 13.8. The van der Waals surface area contributed by atoms with Crippen LogP contribution in [0.1, 0.15) is 29.0 Å². The number of nitrogens with one attached hydrogen (secondary N) is 2. The van der Waals surface area contributed by atoms with Crippen molar-refractivity contribution in [1.82, 2.24) is 10.0 Å². The Labute approximate surface area is 152 Å². The Morgan fingerprint density at radius 3 is 2.42 bits per heavy atom. The highest BCUT2D eigenvalue weighted by molar-refractivity contribution is 7.88. The molecule has 5 nitrogen and oxygen atoms in total. The molecule has 2 N–H and O–H groups in total. The van der Waals surface area contributed by atoms with E-state index >= 15 is 0 Å². The van der Waals surface area contributed by atoms with Crippen LogP contribution in [0.2, 0.25) is 0 Å². The molecule has 138 valence electrons. The first-order valence-electron chi connectivity index (χ1n) is 8.41. The van der Waals surface area contributed by atoms with Crippen LogP contribution in [0.4, 0.5) is 4.39 Å². The summed E-state index contributed by atoms with van der Waals surface area (Å²) in [5.41, 5.74) is 2.16. The molecule has 0 bridgehead atoms. The molecule has 2 unspecified atom stereocenters. The van der Waals surface area contributed by atoms with E-state index in [1.807, 2.05) is 0 Å². The van der Waals surface area contributed by atoms with E-state index in [1.165, 1.54) is 13.1 Å². The molecule has 7 heteroatoms. The summed E-state index contributed by atoms with van der Waals surface area (Å²) in [5, 5.41) is 2.87. The van der Waals surface area contributed by atoms with E-state index in [0.29, 0.717) is 24.1 Å². The van der Waals surface area contributed by atoms with Gasteiger partial charge in [0.1, 0.15) is 5.82 Å². The average Bonchev–Trinajstić information content (AvgIpc) is 3.42. The summed E-state index contributed by atoms with van der Waals surface area (Å²) >= 11 is 0. The SMILES string of the molecule is CNS(=O)(=O)Cc1ccc(CNC(=O)C2CC2c2ccccc2F)cc1. The first-order chi connectivity index (χ1) is 12.4. The largest absolute Gasteiger partial charge is 0.352 e. The Kier molecular flexibility index (Phi) is 5.38. The van der Waals surface area contributed by atoms with Crippen molar-refractivity contribution >= 4 is 15.9 Å². The fraction of sp³-hybridized carbons (Fsp3) is 0.316. The molecule has 0 radical (unpaired) electrons. The van der Waals surface area contributed by atoms with Crippen LogP contribution in [0.15, 0.2) is 48.5 Å². The van der Waals surface area contributed by atoms with Crippen LogP contribution in [0, 0.1) is 11.7 Å². The molecular weight excluding hydrogens is 355 g/mol.